The van der Waals surface area contributed by atoms with Gasteiger partial charge in [0.1, 0.15) is 0 Å². The van der Waals surface area contributed by atoms with E-state index in [4.69, 9.17) is 4.74 Å². The first-order chi connectivity index (χ1) is 11.6. The van der Waals surface area contributed by atoms with E-state index in [0.717, 1.165) is 16.1 Å². The van der Waals surface area contributed by atoms with E-state index in [1.165, 1.54) is 7.11 Å². The van der Waals surface area contributed by atoms with Crippen molar-refractivity contribution >= 4 is 23.4 Å². The van der Waals surface area contributed by atoms with Gasteiger partial charge in [-0.3, -0.25) is 0 Å². The van der Waals surface area contributed by atoms with E-state index in [2.05, 4.69) is 0 Å². The van der Waals surface area contributed by atoms with E-state index in [0.29, 0.717) is 17.7 Å². The van der Waals surface area contributed by atoms with Gasteiger partial charge in [0.05, 0.1) is 12.7 Å². The Morgan fingerprint density at radius 1 is 1.29 bits per heavy atom. The zero-order valence-corrected chi connectivity index (χ0v) is 14.4. The summed E-state index contributed by atoms with van der Waals surface area (Å²) in [6.07, 6.45) is 0.984. The third kappa shape index (κ3) is 3.13. The minimum absolute atomic E-state index is 0.426. The van der Waals surface area contributed by atoms with Gasteiger partial charge in [-0.15, -0.1) is 11.3 Å². The number of benzene rings is 1. The molecule has 4 nitrogen and oxygen atoms in total. The molecule has 3 rings (SSSR count). The molecule has 0 spiro atoms. The SMILES string of the molecule is COC(=O)C1=C(C)N(Cc2ccccc2)C(O)/C1=C\c1cccs1. The summed E-state index contributed by atoms with van der Waals surface area (Å²) in [5, 5.41) is 12.8. The number of rotatable bonds is 4. The molecule has 1 N–H and O–H groups in total. The number of carbonyl (C=O) groups is 1. The summed E-state index contributed by atoms with van der Waals surface area (Å²) in [5.41, 5.74) is 2.81. The van der Waals surface area contributed by atoms with E-state index in [9.17, 15) is 9.90 Å². The molecule has 0 amide bonds. The van der Waals surface area contributed by atoms with E-state index >= 15 is 0 Å². The number of carbonyl (C=O) groups excluding carboxylic acids is 1. The van der Waals surface area contributed by atoms with Crippen molar-refractivity contribution in [3.05, 3.63) is 75.1 Å². The first kappa shape index (κ1) is 16.5. The van der Waals surface area contributed by atoms with Crippen LogP contribution in [0.4, 0.5) is 0 Å². The average molecular weight is 341 g/mol. The van der Waals surface area contributed by atoms with Gasteiger partial charge in [0.25, 0.3) is 0 Å². The maximum atomic E-state index is 12.3. The first-order valence-electron chi connectivity index (χ1n) is 7.65. The molecule has 1 aliphatic heterocycles. The van der Waals surface area contributed by atoms with Gasteiger partial charge >= 0.3 is 5.97 Å². The highest BCUT2D eigenvalue weighted by Crippen LogP contribution is 2.36. The van der Waals surface area contributed by atoms with E-state index in [1.807, 2.05) is 65.7 Å². The summed E-state index contributed by atoms with van der Waals surface area (Å²) in [6, 6.07) is 13.8. The van der Waals surface area contributed by atoms with Gasteiger partial charge in [-0.05, 0) is 30.0 Å². The molecule has 0 aliphatic carbocycles. The maximum Gasteiger partial charge on any atom is 0.340 e. The van der Waals surface area contributed by atoms with Crippen LogP contribution in [-0.2, 0) is 16.1 Å². The molecule has 2 heterocycles. The van der Waals surface area contributed by atoms with Gasteiger partial charge in [-0.1, -0.05) is 36.4 Å². The summed E-state index contributed by atoms with van der Waals surface area (Å²) < 4.78 is 4.93. The first-order valence-corrected chi connectivity index (χ1v) is 8.53. The molecule has 1 aliphatic rings. The van der Waals surface area contributed by atoms with Crippen molar-refractivity contribution in [2.45, 2.75) is 19.7 Å². The molecule has 0 fully saturated rings. The zero-order valence-electron chi connectivity index (χ0n) is 13.6. The Kier molecular flexibility index (Phi) is 4.83. The van der Waals surface area contributed by atoms with Crippen LogP contribution in [0.1, 0.15) is 17.4 Å². The monoisotopic (exact) mass is 341 g/mol. The third-order valence-corrected chi connectivity index (χ3v) is 4.90. The second-order valence-corrected chi connectivity index (χ2v) is 6.53. The number of ether oxygens (including phenoxy) is 1. The topological polar surface area (TPSA) is 49.8 Å². The van der Waals surface area contributed by atoms with Crippen molar-refractivity contribution in [1.82, 2.24) is 4.90 Å². The third-order valence-electron chi connectivity index (χ3n) is 4.08. The molecule has 124 valence electrons. The number of hydrogen-bond donors (Lipinski definition) is 1. The van der Waals surface area contributed by atoms with Gasteiger partial charge in [-0.2, -0.15) is 0 Å². The standard InChI is InChI=1S/C19H19NO3S/c1-13-17(19(22)23-2)16(11-15-9-6-10-24-15)18(21)20(13)12-14-7-4-3-5-8-14/h3-11,18,21H,12H2,1-2H3/b16-11-. The van der Waals surface area contributed by atoms with Crippen LogP contribution < -0.4 is 0 Å². The van der Waals surface area contributed by atoms with Crippen LogP contribution in [0.25, 0.3) is 6.08 Å². The zero-order chi connectivity index (χ0) is 17.1. The fourth-order valence-electron chi connectivity index (χ4n) is 2.86. The van der Waals surface area contributed by atoms with Crippen molar-refractivity contribution in [3.63, 3.8) is 0 Å². The van der Waals surface area contributed by atoms with Crippen molar-refractivity contribution in [3.8, 4) is 0 Å². The summed E-state index contributed by atoms with van der Waals surface area (Å²) in [6.45, 7) is 2.36. The maximum absolute atomic E-state index is 12.3. The lowest BCUT2D eigenvalue weighted by molar-refractivity contribution is -0.135. The molecule has 5 heteroatoms. The summed E-state index contributed by atoms with van der Waals surface area (Å²) in [7, 11) is 1.36. The molecule has 0 saturated carbocycles. The molecule has 0 bridgehead atoms. The molecule has 2 aromatic rings. The van der Waals surface area contributed by atoms with Crippen LogP contribution in [0.15, 0.2) is 64.7 Å². The second kappa shape index (κ2) is 7.03. The number of methoxy groups -OCH3 is 1. The smallest absolute Gasteiger partial charge is 0.340 e. The molecule has 0 radical (unpaired) electrons. The molecule has 1 unspecified atom stereocenters. The minimum Gasteiger partial charge on any atom is -0.465 e. The number of allylic oxidation sites excluding steroid dienone is 1. The quantitative estimate of drug-likeness (QED) is 0.866. The Hall–Kier alpha value is -2.37. The lowest BCUT2D eigenvalue weighted by atomic mass is 10.1. The van der Waals surface area contributed by atoms with Crippen molar-refractivity contribution in [1.29, 1.82) is 0 Å². The average Bonchev–Trinajstić information content (AvgIpc) is 3.18. The summed E-state index contributed by atoms with van der Waals surface area (Å²) >= 11 is 1.56. The number of thiophene rings is 1. The lowest BCUT2D eigenvalue weighted by Crippen LogP contribution is -2.29. The molecule has 0 saturated heterocycles. The lowest BCUT2D eigenvalue weighted by Gasteiger charge is -2.25. The Morgan fingerprint density at radius 3 is 2.67 bits per heavy atom. The van der Waals surface area contributed by atoms with Gasteiger partial charge in [0, 0.05) is 22.7 Å². The minimum atomic E-state index is -0.874. The van der Waals surface area contributed by atoms with Crippen LogP contribution in [-0.4, -0.2) is 29.3 Å². The van der Waals surface area contributed by atoms with Gasteiger partial charge < -0.3 is 14.7 Å². The predicted molar refractivity (Wildman–Crippen MR) is 95.0 cm³/mol. The Morgan fingerprint density at radius 2 is 2.04 bits per heavy atom. The van der Waals surface area contributed by atoms with Crippen molar-refractivity contribution in [2.24, 2.45) is 0 Å². The fraction of sp³-hybridized carbons (Fsp3) is 0.211. The van der Waals surface area contributed by atoms with Crippen molar-refractivity contribution in [2.75, 3.05) is 7.11 Å². The van der Waals surface area contributed by atoms with Gasteiger partial charge in [0.15, 0.2) is 6.23 Å². The van der Waals surface area contributed by atoms with Crippen LogP contribution >= 0.6 is 11.3 Å². The van der Waals surface area contributed by atoms with E-state index in [1.54, 1.807) is 11.3 Å². The van der Waals surface area contributed by atoms with Gasteiger partial charge in [0.2, 0.25) is 0 Å². The molecule has 24 heavy (non-hydrogen) atoms. The predicted octanol–water partition coefficient (Wildman–Crippen LogP) is 3.41. The van der Waals surface area contributed by atoms with E-state index in [-0.39, 0.29) is 0 Å². The largest absolute Gasteiger partial charge is 0.465 e. The van der Waals surface area contributed by atoms with Gasteiger partial charge in [-0.25, -0.2) is 4.79 Å². The molecule has 1 aromatic carbocycles. The highest BCUT2D eigenvalue weighted by Gasteiger charge is 2.36. The number of nitrogens with zero attached hydrogens (tertiary/aromatic N) is 1. The van der Waals surface area contributed by atoms with Crippen LogP contribution in [0.2, 0.25) is 0 Å². The number of esters is 1. The number of hydrogen-bond acceptors (Lipinski definition) is 5. The normalized spacial score (nSPS) is 19.2. The Balaban J connectivity index is 1.99. The highest BCUT2D eigenvalue weighted by atomic mass is 32.1. The van der Waals surface area contributed by atoms with Crippen LogP contribution in [0, 0.1) is 0 Å². The highest BCUT2D eigenvalue weighted by molar-refractivity contribution is 7.10. The number of aliphatic hydroxyl groups excluding tert-OH is 1. The Bertz CT molecular complexity index is 778. The number of aliphatic hydroxyl groups is 1. The molecule has 1 atom stereocenters. The molecular formula is C19H19NO3S. The van der Waals surface area contributed by atoms with Crippen LogP contribution in [0.5, 0.6) is 0 Å². The molecular weight excluding hydrogens is 322 g/mol. The summed E-state index contributed by atoms with van der Waals surface area (Å²) in [5.74, 6) is -0.426. The fourth-order valence-corrected chi connectivity index (χ4v) is 3.53. The van der Waals surface area contributed by atoms with Crippen LogP contribution in [0.3, 0.4) is 0 Å². The second-order valence-electron chi connectivity index (χ2n) is 5.55. The summed E-state index contributed by atoms with van der Waals surface area (Å²) in [4.78, 5) is 15.1. The Labute approximate surface area is 145 Å². The van der Waals surface area contributed by atoms with Crippen molar-refractivity contribution < 1.29 is 14.6 Å². The molecule has 1 aromatic heterocycles. The van der Waals surface area contributed by atoms with E-state index < -0.39 is 12.2 Å².